The minimum absolute atomic E-state index is 0.378. The Labute approximate surface area is 118 Å². The summed E-state index contributed by atoms with van der Waals surface area (Å²) in [6.45, 7) is 7.85. The second-order valence-electron chi connectivity index (χ2n) is 4.48. The van der Waals surface area contributed by atoms with E-state index in [1.165, 1.54) is 5.56 Å². The summed E-state index contributed by atoms with van der Waals surface area (Å²) in [5.74, 6) is 0.901. The average Bonchev–Trinajstić information content (AvgIpc) is 2.83. The van der Waals surface area contributed by atoms with Gasteiger partial charge in [0, 0.05) is 12.2 Å². The number of hydrogen-bond acceptors (Lipinski definition) is 4. The molecule has 1 heterocycles. The van der Waals surface area contributed by atoms with Gasteiger partial charge in [-0.25, -0.2) is 4.98 Å². The molecule has 1 unspecified atom stereocenters. The average molecular weight is 276 g/mol. The van der Waals surface area contributed by atoms with Crippen LogP contribution in [0.4, 0.5) is 0 Å². The van der Waals surface area contributed by atoms with Crippen LogP contribution in [-0.2, 0) is 6.61 Å². The van der Waals surface area contributed by atoms with Crippen LogP contribution in [0.1, 0.15) is 35.3 Å². The van der Waals surface area contributed by atoms with Crippen molar-refractivity contribution in [2.75, 3.05) is 6.54 Å². The maximum atomic E-state index is 5.75. The second-order valence-corrected chi connectivity index (χ2v) is 5.80. The monoisotopic (exact) mass is 276 g/mol. The summed E-state index contributed by atoms with van der Waals surface area (Å²) in [4.78, 5) is 5.37. The van der Waals surface area contributed by atoms with Gasteiger partial charge in [-0.1, -0.05) is 19.1 Å². The van der Waals surface area contributed by atoms with E-state index in [1.807, 2.05) is 25.3 Å². The SMILES string of the molecule is CCNC(C)c1ccc(OCc2cnc(C)s2)cc1. The van der Waals surface area contributed by atoms with Crippen molar-refractivity contribution < 1.29 is 4.74 Å². The van der Waals surface area contributed by atoms with Gasteiger partial charge in [-0.2, -0.15) is 0 Å². The molecule has 0 spiro atoms. The van der Waals surface area contributed by atoms with Gasteiger partial charge in [-0.3, -0.25) is 0 Å². The number of aryl methyl sites for hydroxylation is 1. The minimum atomic E-state index is 0.378. The first-order valence-electron chi connectivity index (χ1n) is 6.56. The molecule has 2 aromatic rings. The highest BCUT2D eigenvalue weighted by Crippen LogP contribution is 2.19. The highest BCUT2D eigenvalue weighted by Gasteiger charge is 2.04. The van der Waals surface area contributed by atoms with E-state index in [4.69, 9.17) is 4.74 Å². The van der Waals surface area contributed by atoms with Gasteiger partial charge in [0.25, 0.3) is 0 Å². The van der Waals surface area contributed by atoms with Gasteiger partial charge in [-0.05, 0) is 38.1 Å². The van der Waals surface area contributed by atoms with Gasteiger partial charge < -0.3 is 10.1 Å². The summed E-state index contributed by atoms with van der Waals surface area (Å²) in [7, 11) is 0. The fraction of sp³-hybridized carbons (Fsp3) is 0.400. The van der Waals surface area contributed by atoms with E-state index < -0.39 is 0 Å². The number of aromatic nitrogens is 1. The Morgan fingerprint density at radius 1 is 1.32 bits per heavy atom. The number of nitrogens with zero attached hydrogens (tertiary/aromatic N) is 1. The van der Waals surface area contributed by atoms with E-state index in [2.05, 4.69) is 36.3 Å². The summed E-state index contributed by atoms with van der Waals surface area (Å²) in [6.07, 6.45) is 1.88. The summed E-state index contributed by atoms with van der Waals surface area (Å²) in [5.41, 5.74) is 1.28. The molecule has 0 saturated heterocycles. The predicted molar refractivity (Wildman–Crippen MR) is 79.7 cm³/mol. The van der Waals surface area contributed by atoms with E-state index >= 15 is 0 Å². The van der Waals surface area contributed by atoms with E-state index in [9.17, 15) is 0 Å². The third-order valence-corrected chi connectivity index (χ3v) is 3.83. The Kier molecular flexibility index (Phi) is 4.93. The molecule has 0 saturated carbocycles. The molecule has 0 aliphatic heterocycles. The van der Waals surface area contributed by atoms with Gasteiger partial charge in [0.2, 0.25) is 0 Å². The first kappa shape index (κ1) is 14.0. The van der Waals surface area contributed by atoms with Crippen molar-refractivity contribution in [2.24, 2.45) is 0 Å². The van der Waals surface area contributed by atoms with Crippen molar-refractivity contribution >= 4 is 11.3 Å². The topological polar surface area (TPSA) is 34.1 Å². The van der Waals surface area contributed by atoms with Crippen molar-refractivity contribution in [3.63, 3.8) is 0 Å². The lowest BCUT2D eigenvalue weighted by Crippen LogP contribution is -2.17. The van der Waals surface area contributed by atoms with Gasteiger partial charge in [0.05, 0.1) is 9.88 Å². The Bertz CT molecular complexity index is 507. The van der Waals surface area contributed by atoms with E-state index in [0.29, 0.717) is 12.6 Å². The molecule has 2 rings (SSSR count). The Morgan fingerprint density at radius 2 is 2.05 bits per heavy atom. The molecule has 0 amide bonds. The van der Waals surface area contributed by atoms with Crippen molar-refractivity contribution in [1.29, 1.82) is 0 Å². The first-order valence-corrected chi connectivity index (χ1v) is 7.38. The number of benzene rings is 1. The van der Waals surface area contributed by atoms with E-state index in [0.717, 1.165) is 22.2 Å². The van der Waals surface area contributed by atoms with Crippen LogP contribution in [0, 0.1) is 6.92 Å². The lowest BCUT2D eigenvalue weighted by molar-refractivity contribution is 0.309. The van der Waals surface area contributed by atoms with Crippen LogP contribution in [0.15, 0.2) is 30.5 Å². The van der Waals surface area contributed by atoms with Crippen LogP contribution < -0.4 is 10.1 Å². The first-order chi connectivity index (χ1) is 9.19. The fourth-order valence-electron chi connectivity index (χ4n) is 1.90. The highest BCUT2D eigenvalue weighted by atomic mass is 32.1. The largest absolute Gasteiger partial charge is 0.488 e. The van der Waals surface area contributed by atoms with E-state index in [1.54, 1.807) is 11.3 Å². The fourth-order valence-corrected chi connectivity index (χ4v) is 2.61. The van der Waals surface area contributed by atoms with Crippen molar-refractivity contribution in [3.05, 3.63) is 45.9 Å². The van der Waals surface area contributed by atoms with Crippen molar-refractivity contribution in [3.8, 4) is 5.75 Å². The summed E-state index contributed by atoms with van der Waals surface area (Å²) in [6, 6.07) is 8.65. The zero-order chi connectivity index (χ0) is 13.7. The Balaban J connectivity index is 1.91. The highest BCUT2D eigenvalue weighted by molar-refractivity contribution is 7.11. The lowest BCUT2D eigenvalue weighted by atomic mass is 10.1. The number of thiazole rings is 1. The Hall–Kier alpha value is -1.39. The predicted octanol–water partition coefficient (Wildman–Crippen LogP) is 3.70. The lowest BCUT2D eigenvalue weighted by Gasteiger charge is -2.13. The maximum absolute atomic E-state index is 5.75. The van der Waals surface area contributed by atoms with Gasteiger partial charge in [0.15, 0.2) is 0 Å². The third kappa shape index (κ3) is 4.04. The summed E-state index contributed by atoms with van der Waals surface area (Å²) >= 11 is 1.68. The normalized spacial score (nSPS) is 12.4. The number of ether oxygens (including phenoxy) is 1. The number of rotatable bonds is 6. The molecule has 3 nitrogen and oxygen atoms in total. The zero-order valence-electron chi connectivity index (χ0n) is 11.6. The molecule has 1 aromatic heterocycles. The van der Waals surface area contributed by atoms with Crippen molar-refractivity contribution in [2.45, 2.75) is 33.4 Å². The molecule has 0 aliphatic rings. The molecular weight excluding hydrogens is 256 g/mol. The molecule has 4 heteroatoms. The molecule has 19 heavy (non-hydrogen) atoms. The number of nitrogens with one attached hydrogen (secondary N) is 1. The maximum Gasteiger partial charge on any atom is 0.124 e. The molecule has 0 aliphatic carbocycles. The number of hydrogen-bond donors (Lipinski definition) is 1. The van der Waals surface area contributed by atoms with Crippen LogP contribution in [0.5, 0.6) is 5.75 Å². The molecule has 1 atom stereocenters. The van der Waals surface area contributed by atoms with E-state index in [-0.39, 0.29) is 0 Å². The second kappa shape index (κ2) is 6.68. The molecule has 1 aromatic carbocycles. The molecule has 0 fully saturated rings. The van der Waals surface area contributed by atoms with Crippen LogP contribution >= 0.6 is 11.3 Å². The summed E-state index contributed by atoms with van der Waals surface area (Å²) < 4.78 is 5.75. The standard InChI is InChI=1S/C15H20N2OS/c1-4-16-11(2)13-5-7-14(8-6-13)18-10-15-9-17-12(3)19-15/h5-9,11,16H,4,10H2,1-3H3. The Morgan fingerprint density at radius 3 is 2.63 bits per heavy atom. The van der Waals surface area contributed by atoms with Crippen LogP contribution in [-0.4, -0.2) is 11.5 Å². The summed E-state index contributed by atoms with van der Waals surface area (Å²) in [5, 5.41) is 4.47. The van der Waals surface area contributed by atoms with Crippen LogP contribution in [0.25, 0.3) is 0 Å². The smallest absolute Gasteiger partial charge is 0.124 e. The van der Waals surface area contributed by atoms with Crippen LogP contribution in [0.3, 0.4) is 0 Å². The van der Waals surface area contributed by atoms with Gasteiger partial charge in [0.1, 0.15) is 12.4 Å². The molecule has 1 N–H and O–H groups in total. The zero-order valence-corrected chi connectivity index (χ0v) is 12.5. The van der Waals surface area contributed by atoms with Crippen molar-refractivity contribution in [1.82, 2.24) is 10.3 Å². The van der Waals surface area contributed by atoms with Gasteiger partial charge in [-0.15, -0.1) is 11.3 Å². The molecular formula is C15H20N2OS. The quantitative estimate of drug-likeness (QED) is 0.873. The minimum Gasteiger partial charge on any atom is -0.488 e. The van der Waals surface area contributed by atoms with Gasteiger partial charge >= 0.3 is 0 Å². The molecule has 0 bridgehead atoms. The van der Waals surface area contributed by atoms with Crippen LogP contribution in [0.2, 0.25) is 0 Å². The molecule has 0 radical (unpaired) electrons. The molecule has 102 valence electrons. The third-order valence-electron chi connectivity index (χ3n) is 2.94.